The number of hydrogen-bond acceptors (Lipinski definition) is 10. The van der Waals surface area contributed by atoms with Crippen LogP contribution in [0.15, 0.2) is 54.6 Å². The van der Waals surface area contributed by atoms with Crippen LogP contribution in [0, 0.1) is 5.92 Å². The van der Waals surface area contributed by atoms with E-state index in [1.54, 1.807) is 19.2 Å². The summed E-state index contributed by atoms with van der Waals surface area (Å²) in [6.45, 7) is 3.11. The third-order valence-electron chi connectivity index (χ3n) is 8.55. The second kappa shape index (κ2) is 13.8. The maximum atomic E-state index is 12.6. The van der Waals surface area contributed by atoms with E-state index in [1.165, 1.54) is 11.1 Å². The highest BCUT2D eigenvalue weighted by Gasteiger charge is 2.52. The van der Waals surface area contributed by atoms with Gasteiger partial charge in [0.05, 0.1) is 30.1 Å². The molecule has 7 atom stereocenters. The highest BCUT2D eigenvalue weighted by atomic mass is 16.6. The van der Waals surface area contributed by atoms with Crippen molar-refractivity contribution >= 4 is 17.9 Å². The standard InChI is InChI=1S/C25H27NO4.C7H12O7/c1-26-14-11-17-8-9-20(28-2)23-22(17)25(13-15-26)12-10-19(16-21(25)30-23)29-24(27)18-6-4-3-5-7-18;1-2(6(11)12)3(8)4(9)5(10)7(13)14/h3-10,12,19,21H,11,13-16H2,1-2H3;2-5,8-10H,1H3,(H,11,12)(H,13,14)/t19-,21?,25-;2-,3+,4-,5+/m00/s1. The van der Waals surface area contributed by atoms with Crippen LogP contribution < -0.4 is 9.47 Å². The molecule has 0 radical (unpaired) electrons. The van der Waals surface area contributed by atoms with E-state index in [0.29, 0.717) is 12.0 Å². The second-order valence-corrected chi connectivity index (χ2v) is 11.4. The molecule has 0 bridgehead atoms. The molecule has 2 aliphatic heterocycles. The van der Waals surface area contributed by atoms with Crippen LogP contribution in [0.25, 0.3) is 0 Å². The number of methoxy groups -OCH3 is 1. The quantitative estimate of drug-likeness (QED) is 0.215. The van der Waals surface area contributed by atoms with Crippen molar-refractivity contribution in [3.05, 3.63) is 71.3 Å². The molecule has 0 saturated carbocycles. The number of ether oxygens (including phenoxy) is 3. The number of carbonyl (C=O) groups is 3. The summed E-state index contributed by atoms with van der Waals surface area (Å²) in [6, 6.07) is 13.3. The lowest BCUT2D eigenvalue weighted by atomic mass is 9.67. The molecule has 1 unspecified atom stereocenters. The Morgan fingerprint density at radius 3 is 2.34 bits per heavy atom. The molecule has 238 valence electrons. The van der Waals surface area contributed by atoms with E-state index in [0.717, 1.165) is 44.4 Å². The zero-order chi connectivity index (χ0) is 32.2. The Balaban J connectivity index is 0.000000269. The fraction of sp³-hybridized carbons (Fsp3) is 0.469. The average molecular weight is 614 g/mol. The Hall–Kier alpha value is -3.97. The number of nitrogens with zero attached hydrogens (tertiary/aromatic N) is 1. The first kappa shape index (κ1) is 32.9. The molecule has 3 aliphatic rings. The molecule has 2 aromatic rings. The van der Waals surface area contributed by atoms with Gasteiger partial charge in [-0.1, -0.05) is 30.3 Å². The van der Waals surface area contributed by atoms with Crippen molar-refractivity contribution in [1.29, 1.82) is 0 Å². The summed E-state index contributed by atoms with van der Waals surface area (Å²) in [6.07, 6.45) is 0.434. The van der Waals surface area contributed by atoms with Crippen molar-refractivity contribution in [2.75, 3.05) is 27.2 Å². The number of aliphatic hydroxyl groups is 3. The van der Waals surface area contributed by atoms with E-state index in [2.05, 4.69) is 30.2 Å². The van der Waals surface area contributed by atoms with E-state index in [9.17, 15) is 14.4 Å². The third-order valence-corrected chi connectivity index (χ3v) is 8.55. The number of aliphatic hydroxyl groups excluding tert-OH is 3. The van der Waals surface area contributed by atoms with Gasteiger partial charge in [0.15, 0.2) is 17.6 Å². The highest BCUT2D eigenvalue weighted by Crippen LogP contribution is 2.55. The van der Waals surface area contributed by atoms with Crippen molar-refractivity contribution in [2.45, 2.75) is 62.1 Å². The molecule has 12 heteroatoms. The Morgan fingerprint density at radius 1 is 1.00 bits per heavy atom. The monoisotopic (exact) mass is 613 g/mol. The van der Waals surface area contributed by atoms with E-state index in [4.69, 9.17) is 39.7 Å². The summed E-state index contributed by atoms with van der Waals surface area (Å²) in [4.78, 5) is 35.4. The van der Waals surface area contributed by atoms with Crippen LogP contribution in [0.5, 0.6) is 11.5 Å². The van der Waals surface area contributed by atoms with Gasteiger partial charge in [0.1, 0.15) is 18.3 Å². The summed E-state index contributed by atoms with van der Waals surface area (Å²) in [5.41, 5.74) is 2.95. The van der Waals surface area contributed by atoms with Gasteiger partial charge in [0.2, 0.25) is 0 Å². The number of likely N-dealkylation sites (N-methyl/N-ethyl adjacent to an activating group) is 1. The molecule has 12 nitrogen and oxygen atoms in total. The van der Waals surface area contributed by atoms with Gasteiger partial charge in [-0.25, -0.2) is 9.59 Å². The molecule has 2 aromatic carbocycles. The predicted molar refractivity (Wildman–Crippen MR) is 157 cm³/mol. The fourth-order valence-electron chi connectivity index (χ4n) is 5.84. The average Bonchev–Trinajstić information content (AvgIpc) is 3.35. The topological polar surface area (TPSA) is 183 Å². The lowest BCUT2D eigenvalue weighted by molar-refractivity contribution is -0.165. The molecule has 2 heterocycles. The van der Waals surface area contributed by atoms with Gasteiger partial charge in [-0.15, -0.1) is 0 Å². The van der Waals surface area contributed by atoms with Crippen LogP contribution in [0.4, 0.5) is 0 Å². The largest absolute Gasteiger partial charge is 0.493 e. The number of esters is 1. The summed E-state index contributed by atoms with van der Waals surface area (Å²) in [7, 11) is 3.86. The SMILES string of the molecule is COc1ccc2c3c1OC1C[C@@H](OC(=O)c4ccccc4)C=C[C@@]31CCN(C)CC2.C[C@H](C(=O)O)[C@@H](O)[C@H](O)[C@@H](O)C(=O)O. The van der Waals surface area contributed by atoms with Crippen LogP contribution in [-0.4, -0.2) is 106 Å². The van der Waals surface area contributed by atoms with Crippen molar-refractivity contribution < 1.29 is 54.1 Å². The van der Waals surface area contributed by atoms with Crippen molar-refractivity contribution in [3.8, 4) is 11.5 Å². The summed E-state index contributed by atoms with van der Waals surface area (Å²) in [5, 5.41) is 43.6. The number of aliphatic carboxylic acids is 2. The van der Waals surface area contributed by atoms with Gasteiger partial charge in [-0.3, -0.25) is 4.79 Å². The first-order valence-electron chi connectivity index (χ1n) is 14.4. The molecule has 0 saturated heterocycles. The summed E-state index contributed by atoms with van der Waals surface area (Å²) < 4.78 is 18.0. The lowest BCUT2D eigenvalue weighted by Gasteiger charge is -2.39. The van der Waals surface area contributed by atoms with Gasteiger partial charge in [-0.05, 0) is 63.2 Å². The van der Waals surface area contributed by atoms with E-state index in [-0.39, 0.29) is 23.6 Å². The molecular weight excluding hydrogens is 574 g/mol. The van der Waals surface area contributed by atoms with Crippen molar-refractivity contribution in [1.82, 2.24) is 4.90 Å². The Bertz CT molecular complexity index is 1360. The molecule has 5 N–H and O–H groups in total. The zero-order valence-electron chi connectivity index (χ0n) is 24.8. The molecule has 5 rings (SSSR count). The first-order valence-corrected chi connectivity index (χ1v) is 14.4. The number of carboxylic acid groups (broad SMARTS) is 2. The maximum absolute atomic E-state index is 12.6. The summed E-state index contributed by atoms with van der Waals surface area (Å²) in [5.74, 6) is -3.14. The van der Waals surface area contributed by atoms with Crippen molar-refractivity contribution in [3.63, 3.8) is 0 Å². The maximum Gasteiger partial charge on any atom is 0.338 e. The van der Waals surface area contributed by atoms with E-state index in [1.807, 2.05) is 24.3 Å². The number of benzene rings is 2. The van der Waals surface area contributed by atoms with Gasteiger partial charge < -0.3 is 44.6 Å². The number of carbonyl (C=O) groups excluding carboxylic acids is 1. The number of hydrogen-bond donors (Lipinski definition) is 5. The first-order chi connectivity index (χ1) is 20.9. The molecule has 0 amide bonds. The molecule has 1 aliphatic carbocycles. The summed E-state index contributed by atoms with van der Waals surface area (Å²) >= 11 is 0. The predicted octanol–water partition coefficient (Wildman–Crippen LogP) is 1.63. The van der Waals surface area contributed by atoms with Gasteiger partial charge in [-0.2, -0.15) is 0 Å². The molecular formula is C32H39NO11. The number of rotatable bonds is 8. The fourth-order valence-corrected chi connectivity index (χ4v) is 5.84. The smallest absolute Gasteiger partial charge is 0.338 e. The van der Waals surface area contributed by atoms with Gasteiger partial charge in [0.25, 0.3) is 0 Å². The van der Waals surface area contributed by atoms with Gasteiger partial charge in [0, 0.05) is 18.5 Å². The molecule has 44 heavy (non-hydrogen) atoms. The van der Waals surface area contributed by atoms with Crippen LogP contribution >= 0.6 is 0 Å². The van der Waals surface area contributed by atoms with Crippen LogP contribution in [0.3, 0.4) is 0 Å². The van der Waals surface area contributed by atoms with Crippen LogP contribution in [0.1, 0.15) is 41.3 Å². The Kier molecular flexibility index (Phi) is 10.3. The lowest BCUT2D eigenvalue weighted by Crippen LogP contribution is -2.46. The molecule has 0 aromatic heterocycles. The minimum atomic E-state index is -2.20. The Labute approximate surface area is 255 Å². The Morgan fingerprint density at radius 2 is 1.70 bits per heavy atom. The van der Waals surface area contributed by atoms with E-state index < -0.39 is 36.2 Å². The minimum Gasteiger partial charge on any atom is -0.493 e. The second-order valence-electron chi connectivity index (χ2n) is 11.4. The minimum absolute atomic E-state index is 0.0763. The van der Waals surface area contributed by atoms with Gasteiger partial charge >= 0.3 is 17.9 Å². The van der Waals surface area contributed by atoms with E-state index >= 15 is 0 Å². The van der Waals surface area contributed by atoms with Crippen LogP contribution in [-0.2, 0) is 26.2 Å². The molecule has 1 spiro atoms. The molecule has 0 fully saturated rings. The number of carboxylic acids is 2. The third kappa shape index (κ3) is 6.73. The normalized spacial score (nSPS) is 24.8. The zero-order valence-corrected chi connectivity index (χ0v) is 24.8. The van der Waals surface area contributed by atoms with Crippen molar-refractivity contribution in [2.24, 2.45) is 5.92 Å². The highest BCUT2D eigenvalue weighted by molar-refractivity contribution is 5.89. The van der Waals surface area contributed by atoms with Crippen LogP contribution in [0.2, 0.25) is 0 Å².